The minimum absolute atomic E-state index is 0.0258. The fourth-order valence-corrected chi connectivity index (χ4v) is 3.82. The van der Waals surface area contributed by atoms with E-state index in [-0.39, 0.29) is 21.5 Å². The Morgan fingerprint density at radius 3 is 2.57 bits per heavy atom. The van der Waals surface area contributed by atoms with E-state index in [1.807, 2.05) is 30.3 Å². The zero-order valence-electron chi connectivity index (χ0n) is 14.2. The SMILES string of the molecule is O=C(N=c1c(Cl)cn(O)cc1Cl)c1ccc(C2CO2)c2oc3ccccc3c12. The molecule has 0 aliphatic carbocycles. The maximum atomic E-state index is 13.0. The lowest BCUT2D eigenvalue weighted by molar-refractivity contribution is 0.0999. The highest BCUT2D eigenvalue weighted by molar-refractivity contribution is 6.34. The lowest BCUT2D eigenvalue weighted by Crippen LogP contribution is -2.12. The number of amides is 1. The number of ether oxygens (including phenoxy) is 1. The molecule has 1 amide bonds. The molecule has 3 heterocycles. The fraction of sp³-hybridized carbons (Fsp3) is 0.100. The first-order valence-electron chi connectivity index (χ1n) is 8.44. The summed E-state index contributed by atoms with van der Waals surface area (Å²) in [5.74, 6) is -0.515. The van der Waals surface area contributed by atoms with Gasteiger partial charge in [-0.2, -0.15) is 4.73 Å². The second kappa shape index (κ2) is 6.38. The Morgan fingerprint density at radius 2 is 1.86 bits per heavy atom. The lowest BCUT2D eigenvalue weighted by Gasteiger charge is -2.04. The van der Waals surface area contributed by atoms with Crippen molar-refractivity contribution < 1.29 is 19.2 Å². The number of para-hydroxylation sites is 1. The van der Waals surface area contributed by atoms with Crippen LogP contribution >= 0.6 is 23.2 Å². The standard InChI is InChI=1S/C20H12Cl2N2O4/c21-13-7-24(26)8-14(22)18(13)23-20(25)12-6-5-11(16-9-27-16)19-17(12)10-3-1-2-4-15(10)28-19/h1-8,16,26H,9H2. The van der Waals surface area contributed by atoms with Crippen LogP contribution in [0.2, 0.25) is 10.0 Å². The van der Waals surface area contributed by atoms with Crippen molar-refractivity contribution in [1.29, 1.82) is 0 Å². The molecule has 1 N–H and O–H groups in total. The number of aromatic nitrogens is 1. The van der Waals surface area contributed by atoms with Gasteiger partial charge in [-0.25, -0.2) is 4.99 Å². The van der Waals surface area contributed by atoms with E-state index in [1.165, 1.54) is 12.4 Å². The van der Waals surface area contributed by atoms with Crippen molar-refractivity contribution in [3.63, 3.8) is 0 Å². The second-order valence-corrected chi connectivity index (χ2v) is 7.24. The molecule has 4 aromatic rings. The highest BCUT2D eigenvalue weighted by atomic mass is 35.5. The van der Waals surface area contributed by atoms with E-state index in [0.29, 0.717) is 33.5 Å². The van der Waals surface area contributed by atoms with Crippen LogP contribution in [0.1, 0.15) is 22.0 Å². The number of pyridine rings is 1. The van der Waals surface area contributed by atoms with Crippen LogP contribution < -0.4 is 5.36 Å². The van der Waals surface area contributed by atoms with Gasteiger partial charge in [0.25, 0.3) is 5.91 Å². The average Bonchev–Trinajstić information content (AvgIpc) is 3.43. The number of carbonyl (C=O) groups excluding carboxylic acids is 1. The summed E-state index contributed by atoms with van der Waals surface area (Å²) in [4.78, 5) is 17.1. The summed E-state index contributed by atoms with van der Waals surface area (Å²) in [6.07, 6.45) is 2.38. The topological polar surface area (TPSA) is 80.3 Å². The predicted molar refractivity (Wildman–Crippen MR) is 104 cm³/mol. The summed E-state index contributed by atoms with van der Waals surface area (Å²) in [5, 5.41) is 11.2. The first-order chi connectivity index (χ1) is 13.5. The Kier molecular flexibility index (Phi) is 3.94. The molecule has 28 heavy (non-hydrogen) atoms. The van der Waals surface area contributed by atoms with Crippen LogP contribution in [0.25, 0.3) is 21.9 Å². The van der Waals surface area contributed by atoms with Crippen LogP contribution in [-0.4, -0.2) is 22.5 Å². The summed E-state index contributed by atoms with van der Waals surface area (Å²) < 4.78 is 12.1. The molecule has 8 heteroatoms. The quantitative estimate of drug-likeness (QED) is 0.379. The zero-order valence-corrected chi connectivity index (χ0v) is 15.7. The number of benzene rings is 2. The van der Waals surface area contributed by atoms with Crippen LogP contribution in [0.5, 0.6) is 0 Å². The number of nitrogens with zero attached hydrogens (tertiary/aromatic N) is 2. The van der Waals surface area contributed by atoms with Crippen molar-refractivity contribution in [3.8, 4) is 0 Å². The minimum Gasteiger partial charge on any atom is -0.456 e. The number of epoxide rings is 1. The van der Waals surface area contributed by atoms with Gasteiger partial charge in [0.1, 0.15) is 22.6 Å². The molecular weight excluding hydrogens is 403 g/mol. The van der Waals surface area contributed by atoms with E-state index < -0.39 is 5.91 Å². The molecule has 1 aliphatic rings. The van der Waals surface area contributed by atoms with Crippen LogP contribution in [0, 0.1) is 0 Å². The molecule has 0 radical (unpaired) electrons. The Morgan fingerprint density at radius 1 is 1.14 bits per heavy atom. The normalized spacial score (nSPS) is 15.9. The Bertz CT molecular complexity index is 1310. The smallest absolute Gasteiger partial charge is 0.278 e. The number of rotatable bonds is 2. The van der Waals surface area contributed by atoms with Crippen LogP contribution in [-0.2, 0) is 4.74 Å². The van der Waals surface area contributed by atoms with Gasteiger partial charge in [0, 0.05) is 16.3 Å². The van der Waals surface area contributed by atoms with Gasteiger partial charge in [0.05, 0.1) is 34.6 Å². The maximum Gasteiger partial charge on any atom is 0.278 e. The molecule has 1 atom stereocenters. The molecular formula is C20H12Cl2N2O4. The van der Waals surface area contributed by atoms with Crippen molar-refractivity contribution in [2.75, 3.05) is 6.61 Å². The highest BCUT2D eigenvalue weighted by Crippen LogP contribution is 2.40. The van der Waals surface area contributed by atoms with E-state index in [9.17, 15) is 10.0 Å². The van der Waals surface area contributed by atoms with E-state index in [0.717, 1.165) is 10.9 Å². The molecule has 0 bridgehead atoms. The van der Waals surface area contributed by atoms with E-state index in [2.05, 4.69) is 4.99 Å². The fourth-order valence-electron chi connectivity index (χ4n) is 3.28. The van der Waals surface area contributed by atoms with Crippen molar-refractivity contribution >= 4 is 51.0 Å². The minimum atomic E-state index is -0.515. The van der Waals surface area contributed by atoms with Crippen LogP contribution in [0.15, 0.2) is 58.2 Å². The van der Waals surface area contributed by atoms with E-state index >= 15 is 0 Å². The maximum absolute atomic E-state index is 13.0. The summed E-state index contributed by atoms with van der Waals surface area (Å²) in [6.45, 7) is 0.625. The van der Waals surface area contributed by atoms with Gasteiger partial charge >= 0.3 is 0 Å². The van der Waals surface area contributed by atoms with Gasteiger partial charge < -0.3 is 14.4 Å². The number of furan rings is 1. The first kappa shape index (κ1) is 17.3. The zero-order chi connectivity index (χ0) is 19.4. The molecule has 1 aliphatic heterocycles. The van der Waals surface area contributed by atoms with Crippen LogP contribution in [0.4, 0.5) is 0 Å². The second-order valence-electron chi connectivity index (χ2n) is 6.43. The van der Waals surface area contributed by atoms with Gasteiger partial charge in [-0.05, 0) is 12.1 Å². The lowest BCUT2D eigenvalue weighted by atomic mass is 10.0. The molecule has 0 saturated carbocycles. The Labute approximate surface area is 168 Å². The predicted octanol–water partition coefficient (Wildman–Crippen LogP) is 4.74. The Balaban J connectivity index is 1.77. The van der Waals surface area contributed by atoms with Crippen molar-refractivity contribution in [3.05, 3.63) is 75.3 Å². The summed E-state index contributed by atoms with van der Waals surface area (Å²) >= 11 is 12.2. The molecule has 1 fully saturated rings. The van der Waals surface area contributed by atoms with Crippen molar-refractivity contribution in [1.82, 2.24) is 4.73 Å². The van der Waals surface area contributed by atoms with Crippen molar-refractivity contribution in [2.24, 2.45) is 4.99 Å². The third-order valence-electron chi connectivity index (χ3n) is 4.62. The van der Waals surface area contributed by atoms with Crippen LogP contribution in [0.3, 0.4) is 0 Å². The third kappa shape index (κ3) is 2.77. The number of hydrogen-bond acceptors (Lipinski definition) is 4. The molecule has 1 unspecified atom stereocenters. The summed E-state index contributed by atoms with van der Waals surface area (Å²) in [7, 11) is 0. The summed E-state index contributed by atoms with van der Waals surface area (Å²) in [5.41, 5.74) is 2.57. The molecule has 6 nitrogen and oxygen atoms in total. The third-order valence-corrected chi connectivity index (χ3v) is 5.18. The molecule has 1 saturated heterocycles. The summed E-state index contributed by atoms with van der Waals surface area (Å²) in [6, 6.07) is 11.0. The molecule has 140 valence electrons. The highest BCUT2D eigenvalue weighted by Gasteiger charge is 2.30. The number of carbonyl (C=O) groups is 1. The Hall–Kier alpha value is -2.80. The number of fused-ring (bicyclic) bond motifs is 3. The number of halogens is 2. The van der Waals surface area contributed by atoms with E-state index in [4.69, 9.17) is 32.4 Å². The molecule has 0 spiro atoms. The average molecular weight is 415 g/mol. The van der Waals surface area contributed by atoms with Gasteiger partial charge in [-0.1, -0.05) is 47.5 Å². The van der Waals surface area contributed by atoms with Crippen molar-refractivity contribution in [2.45, 2.75) is 6.10 Å². The molecule has 2 aromatic heterocycles. The molecule has 2 aromatic carbocycles. The largest absolute Gasteiger partial charge is 0.456 e. The molecule has 5 rings (SSSR count). The monoisotopic (exact) mass is 414 g/mol. The van der Waals surface area contributed by atoms with Gasteiger partial charge in [-0.3, -0.25) is 4.79 Å². The van der Waals surface area contributed by atoms with E-state index in [1.54, 1.807) is 6.07 Å². The first-order valence-corrected chi connectivity index (χ1v) is 9.20. The van der Waals surface area contributed by atoms with Gasteiger partial charge in [0.15, 0.2) is 0 Å². The van der Waals surface area contributed by atoms with Gasteiger partial charge in [0.2, 0.25) is 0 Å². The number of hydrogen-bond donors (Lipinski definition) is 1. The van der Waals surface area contributed by atoms with Gasteiger partial charge in [-0.15, -0.1) is 0 Å².